The number of halogens is 4. The molecule has 0 saturated heterocycles. The number of rotatable bonds is 7. The summed E-state index contributed by atoms with van der Waals surface area (Å²) in [5.74, 6) is 0.105. The van der Waals surface area contributed by atoms with Crippen LogP contribution in [0.3, 0.4) is 0 Å². The lowest BCUT2D eigenvalue weighted by atomic mass is 10.0. The molecule has 3 aromatic rings. The molecule has 4 rings (SSSR count). The molecule has 1 amide bonds. The Morgan fingerprint density at radius 1 is 1.31 bits per heavy atom. The van der Waals surface area contributed by atoms with Crippen molar-refractivity contribution in [2.45, 2.75) is 70.8 Å². The van der Waals surface area contributed by atoms with E-state index in [4.69, 9.17) is 4.74 Å². The van der Waals surface area contributed by atoms with E-state index in [9.17, 15) is 18.0 Å². The van der Waals surface area contributed by atoms with Gasteiger partial charge in [0.1, 0.15) is 24.4 Å². The molecule has 0 spiro atoms. The molecule has 0 radical (unpaired) electrons. The van der Waals surface area contributed by atoms with Crippen molar-refractivity contribution >= 4 is 23.2 Å². The molecular formula is C21H25F4N7O3. The van der Waals surface area contributed by atoms with Crippen LogP contribution in [0.1, 0.15) is 49.7 Å². The lowest BCUT2D eigenvalue weighted by molar-refractivity contribution is -0.330. The topological polar surface area (TPSA) is 118 Å². The van der Waals surface area contributed by atoms with E-state index in [1.807, 2.05) is 0 Å². The summed E-state index contributed by atoms with van der Waals surface area (Å²) in [4.78, 5) is 16.2. The molecule has 1 fully saturated rings. The van der Waals surface area contributed by atoms with Gasteiger partial charge in [-0.2, -0.15) is 10.2 Å². The molecule has 0 aromatic carbocycles. The van der Waals surface area contributed by atoms with Gasteiger partial charge in [-0.15, -0.1) is 13.2 Å². The number of aromatic nitrogens is 5. The standard InChI is InChI=1S/C21H25F4N7O3/c1-10(2)26-20(33)35-16-5-4-13(18(16)22)14-7-17(30-29-14)28-19-15-6-12(9-34-21(23,24)25)31-32(15)8-11(3)27-19/h6-8,10,13,16,18H,4-5,9H2,1-3H3,(H,26,33)(H2,27,28,29,30)/t13-,16-,18+/m0/s1. The molecular weight excluding hydrogens is 474 g/mol. The van der Waals surface area contributed by atoms with Crippen LogP contribution in [-0.4, -0.2) is 55.6 Å². The molecule has 3 heterocycles. The lowest BCUT2D eigenvalue weighted by Crippen LogP contribution is -2.36. The van der Waals surface area contributed by atoms with Crippen molar-refractivity contribution in [2.75, 3.05) is 5.32 Å². The highest BCUT2D eigenvalue weighted by Crippen LogP contribution is 2.38. The Morgan fingerprint density at radius 3 is 2.80 bits per heavy atom. The van der Waals surface area contributed by atoms with E-state index >= 15 is 4.39 Å². The fourth-order valence-corrected chi connectivity index (χ4v) is 3.97. The minimum atomic E-state index is -4.77. The van der Waals surface area contributed by atoms with Gasteiger partial charge in [-0.25, -0.2) is 18.7 Å². The van der Waals surface area contributed by atoms with Gasteiger partial charge in [0.05, 0.1) is 17.6 Å². The summed E-state index contributed by atoms with van der Waals surface area (Å²) in [6.07, 6.45) is -5.30. The second-order valence-electron chi connectivity index (χ2n) is 8.64. The molecule has 1 aliphatic rings. The van der Waals surface area contributed by atoms with Crippen molar-refractivity contribution < 1.29 is 31.8 Å². The quantitative estimate of drug-likeness (QED) is 0.416. The molecule has 0 bridgehead atoms. The smallest absolute Gasteiger partial charge is 0.443 e. The number of hydrogen-bond donors (Lipinski definition) is 3. The first-order valence-corrected chi connectivity index (χ1v) is 11.0. The fourth-order valence-electron chi connectivity index (χ4n) is 3.97. The zero-order valence-electron chi connectivity index (χ0n) is 19.2. The number of carbonyl (C=O) groups excluding carboxylic acids is 1. The summed E-state index contributed by atoms with van der Waals surface area (Å²) in [5.41, 5.74) is 1.56. The number of nitrogens with zero attached hydrogens (tertiary/aromatic N) is 4. The summed E-state index contributed by atoms with van der Waals surface area (Å²) >= 11 is 0. The predicted octanol–water partition coefficient (Wildman–Crippen LogP) is 4.26. The van der Waals surface area contributed by atoms with Crippen molar-refractivity contribution in [1.82, 2.24) is 30.1 Å². The van der Waals surface area contributed by atoms with Gasteiger partial charge in [-0.1, -0.05) is 0 Å². The fraction of sp³-hybridized carbons (Fsp3) is 0.524. The second-order valence-corrected chi connectivity index (χ2v) is 8.64. The summed E-state index contributed by atoms with van der Waals surface area (Å²) in [5, 5.41) is 16.6. The predicted molar refractivity (Wildman–Crippen MR) is 116 cm³/mol. The number of anilines is 2. The summed E-state index contributed by atoms with van der Waals surface area (Å²) < 4.78 is 62.6. The SMILES string of the molecule is Cc1cn2nc(COC(F)(F)F)cc2c(Nc2cc([C@@H]3CC[C@H](OC(=O)NC(C)C)[C@@H]3F)[nH]n2)n1. The van der Waals surface area contributed by atoms with Crippen LogP contribution in [0.4, 0.5) is 34.0 Å². The van der Waals surface area contributed by atoms with Gasteiger partial charge in [0.2, 0.25) is 0 Å². The molecule has 14 heteroatoms. The maximum atomic E-state index is 15.0. The Balaban J connectivity index is 1.46. The van der Waals surface area contributed by atoms with E-state index < -0.39 is 37.3 Å². The summed E-state index contributed by atoms with van der Waals surface area (Å²) in [6, 6.07) is 2.93. The average Bonchev–Trinajstić information content (AvgIpc) is 3.45. The van der Waals surface area contributed by atoms with Gasteiger partial charge in [0.25, 0.3) is 0 Å². The number of ether oxygens (including phenoxy) is 2. The number of alkyl carbamates (subject to hydrolysis) is 1. The number of nitrogens with one attached hydrogen (secondary N) is 3. The van der Waals surface area contributed by atoms with Crippen LogP contribution in [0.5, 0.6) is 0 Å². The number of fused-ring (bicyclic) bond motifs is 1. The molecule has 190 valence electrons. The molecule has 3 N–H and O–H groups in total. The van der Waals surface area contributed by atoms with Crippen molar-refractivity contribution in [2.24, 2.45) is 0 Å². The number of carbonyl (C=O) groups is 1. The highest BCUT2D eigenvalue weighted by atomic mass is 19.4. The normalized spacial score (nSPS) is 20.5. The number of aryl methyl sites for hydroxylation is 1. The highest BCUT2D eigenvalue weighted by molar-refractivity contribution is 5.72. The third-order valence-electron chi connectivity index (χ3n) is 5.42. The van der Waals surface area contributed by atoms with Crippen molar-refractivity contribution in [3.63, 3.8) is 0 Å². The zero-order valence-corrected chi connectivity index (χ0v) is 19.2. The van der Waals surface area contributed by atoms with Crippen LogP contribution < -0.4 is 10.6 Å². The molecule has 3 atom stereocenters. The maximum Gasteiger partial charge on any atom is 0.522 e. The molecule has 3 aromatic heterocycles. The number of amides is 1. The van der Waals surface area contributed by atoms with Crippen LogP contribution >= 0.6 is 0 Å². The monoisotopic (exact) mass is 499 g/mol. The Morgan fingerprint density at radius 2 is 2.09 bits per heavy atom. The Kier molecular flexibility index (Phi) is 6.83. The van der Waals surface area contributed by atoms with E-state index in [1.165, 1.54) is 10.6 Å². The molecule has 1 saturated carbocycles. The first kappa shape index (κ1) is 24.7. The minimum Gasteiger partial charge on any atom is -0.443 e. The van der Waals surface area contributed by atoms with Crippen LogP contribution in [-0.2, 0) is 16.1 Å². The van der Waals surface area contributed by atoms with E-state index in [2.05, 4.69) is 35.7 Å². The molecule has 0 unspecified atom stereocenters. The molecule has 1 aliphatic carbocycles. The van der Waals surface area contributed by atoms with E-state index in [0.29, 0.717) is 41.4 Å². The lowest BCUT2D eigenvalue weighted by Gasteiger charge is -2.18. The summed E-state index contributed by atoms with van der Waals surface area (Å²) in [6.45, 7) is 4.52. The molecule has 10 nitrogen and oxygen atoms in total. The zero-order chi connectivity index (χ0) is 25.3. The highest BCUT2D eigenvalue weighted by Gasteiger charge is 2.41. The number of hydrogen-bond acceptors (Lipinski definition) is 7. The average molecular weight is 499 g/mol. The van der Waals surface area contributed by atoms with Crippen molar-refractivity contribution in [3.8, 4) is 0 Å². The van der Waals surface area contributed by atoms with Gasteiger partial charge in [0, 0.05) is 23.7 Å². The molecule has 35 heavy (non-hydrogen) atoms. The number of aromatic amines is 1. The second kappa shape index (κ2) is 9.68. The maximum absolute atomic E-state index is 15.0. The first-order chi connectivity index (χ1) is 16.5. The van der Waals surface area contributed by atoms with Crippen LogP contribution in [0, 0.1) is 6.92 Å². The van der Waals surface area contributed by atoms with Crippen molar-refractivity contribution in [3.05, 3.63) is 35.4 Å². The van der Waals surface area contributed by atoms with Gasteiger partial charge in [0.15, 0.2) is 11.6 Å². The van der Waals surface area contributed by atoms with Crippen LogP contribution in [0.15, 0.2) is 18.3 Å². The van der Waals surface area contributed by atoms with Gasteiger partial charge in [-0.05, 0) is 39.7 Å². The van der Waals surface area contributed by atoms with Crippen molar-refractivity contribution in [1.29, 1.82) is 0 Å². The third kappa shape index (κ3) is 5.99. The van der Waals surface area contributed by atoms with Gasteiger partial charge >= 0.3 is 12.5 Å². The van der Waals surface area contributed by atoms with E-state index in [0.717, 1.165) is 0 Å². The first-order valence-electron chi connectivity index (χ1n) is 11.0. The minimum absolute atomic E-state index is 0.0688. The van der Waals surface area contributed by atoms with Crippen LogP contribution in [0.25, 0.3) is 5.52 Å². The van der Waals surface area contributed by atoms with Gasteiger partial charge in [-0.3, -0.25) is 9.84 Å². The Labute approximate surface area is 197 Å². The molecule has 0 aliphatic heterocycles. The Bertz CT molecular complexity index is 1190. The van der Waals surface area contributed by atoms with Gasteiger partial charge < -0.3 is 15.4 Å². The summed E-state index contributed by atoms with van der Waals surface area (Å²) in [7, 11) is 0. The number of H-pyrrole nitrogens is 1. The Hall–Kier alpha value is -3.42. The van der Waals surface area contributed by atoms with Crippen LogP contribution in [0.2, 0.25) is 0 Å². The largest absolute Gasteiger partial charge is 0.522 e. The third-order valence-corrected chi connectivity index (χ3v) is 5.42. The van der Waals surface area contributed by atoms with E-state index in [1.54, 1.807) is 33.0 Å². The number of alkyl halides is 4. The van der Waals surface area contributed by atoms with E-state index in [-0.39, 0.29) is 11.7 Å².